The summed E-state index contributed by atoms with van der Waals surface area (Å²) in [4.78, 5) is 12.0. The van der Waals surface area contributed by atoms with Crippen LogP contribution in [0.15, 0.2) is 11.1 Å². The van der Waals surface area contributed by atoms with Crippen LogP contribution in [0.1, 0.15) is 26.2 Å². The fourth-order valence-corrected chi connectivity index (χ4v) is 3.26. The van der Waals surface area contributed by atoms with Gasteiger partial charge in [-0.3, -0.25) is 4.79 Å². The van der Waals surface area contributed by atoms with Crippen molar-refractivity contribution in [3.05, 3.63) is 11.1 Å². The molecule has 0 aromatic rings. The van der Waals surface area contributed by atoms with Gasteiger partial charge in [0.15, 0.2) is 0 Å². The minimum Gasteiger partial charge on any atom is -0.348 e. The van der Waals surface area contributed by atoms with Crippen molar-refractivity contribution in [2.45, 2.75) is 37.5 Å². The molecular weight excluding hydrogens is 220 g/mol. The van der Waals surface area contributed by atoms with Gasteiger partial charge in [-0.15, -0.1) is 0 Å². The van der Waals surface area contributed by atoms with Crippen LogP contribution in [0.2, 0.25) is 0 Å². The first-order valence-electron chi connectivity index (χ1n) is 5.95. The summed E-state index contributed by atoms with van der Waals surface area (Å²) in [6.07, 6.45) is 5.76. The standard InChI is InChI=1S/C12H20N2OS/c1-8(9-6-13-7-9)12(15)14-10-4-3-5-11(10)16-2/h10-11,13H,3-7H2,1-2H3,(H,14,15). The Hall–Kier alpha value is -0.480. The van der Waals surface area contributed by atoms with Crippen molar-refractivity contribution in [1.82, 2.24) is 10.6 Å². The van der Waals surface area contributed by atoms with E-state index in [4.69, 9.17) is 0 Å². The Labute approximate surface area is 101 Å². The zero-order valence-electron chi connectivity index (χ0n) is 10.0. The number of hydrogen-bond donors (Lipinski definition) is 2. The molecule has 0 radical (unpaired) electrons. The lowest BCUT2D eigenvalue weighted by Gasteiger charge is -2.24. The van der Waals surface area contributed by atoms with Gasteiger partial charge < -0.3 is 10.6 Å². The van der Waals surface area contributed by atoms with Crippen molar-refractivity contribution in [2.75, 3.05) is 19.3 Å². The quantitative estimate of drug-likeness (QED) is 0.731. The van der Waals surface area contributed by atoms with Gasteiger partial charge in [-0.2, -0.15) is 11.8 Å². The number of amides is 1. The zero-order chi connectivity index (χ0) is 11.5. The molecule has 4 heteroatoms. The van der Waals surface area contributed by atoms with Gasteiger partial charge in [0.2, 0.25) is 5.91 Å². The third-order valence-corrected chi connectivity index (χ3v) is 4.79. The van der Waals surface area contributed by atoms with Crippen molar-refractivity contribution in [3.63, 3.8) is 0 Å². The molecule has 2 rings (SSSR count). The molecule has 0 aromatic heterocycles. The number of nitrogens with one attached hydrogen (secondary N) is 2. The summed E-state index contributed by atoms with van der Waals surface area (Å²) in [5.41, 5.74) is 2.18. The molecule has 0 spiro atoms. The number of rotatable bonds is 3. The normalized spacial score (nSPS) is 28.8. The van der Waals surface area contributed by atoms with E-state index in [1.54, 1.807) is 0 Å². The van der Waals surface area contributed by atoms with Crippen molar-refractivity contribution in [2.24, 2.45) is 0 Å². The highest BCUT2D eigenvalue weighted by molar-refractivity contribution is 7.99. The van der Waals surface area contributed by atoms with E-state index in [0.29, 0.717) is 11.3 Å². The van der Waals surface area contributed by atoms with Crippen LogP contribution in [-0.4, -0.2) is 36.5 Å². The molecule has 1 aliphatic heterocycles. The summed E-state index contributed by atoms with van der Waals surface area (Å²) >= 11 is 1.88. The average molecular weight is 240 g/mol. The molecule has 16 heavy (non-hydrogen) atoms. The summed E-state index contributed by atoms with van der Waals surface area (Å²) in [6.45, 7) is 3.71. The summed E-state index contributed by atoms with van der Waals surface area (Å²) in [7, 11) is 0. The molecule has 2 fully saturated rings. The summed E-state index contributed by atoms with van der Waals surface area (Å²) in [5.74, 6) is 0.141. The molecule has 1 aliphatic carbocycles. The second kappa shape index (κ2) is 5.23. The van der Waals surface area contributed by atoms with Crippen molar-refractivity contribution < 1.29 is 4.79 Å². The van der Waals surface area contributed by atoms with Crippen LogP contribution in [0.5, 0.6) is 0 Å². The van der Waals surface area contributed by atoms with Gasteiger partial charge in [0, 0.05) is 30.0 Å². The second-order valence-corrected chi connectivity index (χ2v) is 5.69. The molecule has 0 bridgehead atoms. The van der Waals surface area contributed by atoms with Crippen LogP contribution in [0.4, 0.5) is 0 Å². The predicted molar refractivity (Wildman–Crippen MR) is 68.7 cm³/mol. The summed E-state index contributed by atoms with van der Waals surface area (Å²) in [6, 6.07) is 0.381. The fourth-order valence-electron chi connectivity index (χ4n) is 2.33. The van der Waals surface area contributed by atoms with E-state index in [0.717, 1.165) is 25.1 Å². The lowest BCUT2D eigenvalue weighted by Crippen LogP contribution is -2.42. The van der Waals surface area contributed by atoms with Gasteiger partial charge in [0.25, 0.3) is 0 Å². The maximum Gasteiger partial charge on any atom is 0.247 e. The first kappa shape index (κ1) is 12.0. The molecule has 90 valence electrons. The number of thioether (sulfide) groups is 1. The van der Waals surface area contributed by atoms with E-state index in [2.05, 4.69) is 16.9 Å². The van der Waals surface area contributed by atoms with Crippen LogP contribution in [0, 0.1) is 0 Å². The molecule has 1 amide bonds. The highest BCUT2D eigenvalue weighted by atomic mass is 32.2. The van der Waals surface area contributed by atoms with Crippen LogP contribution in [-0.2, 0) is 4.79 Å². The van der Waals surface area contributed by atoms with E-state index in [1.165, 1.54) is 18.4 Å². The van der Waals surface area contributed by atoms with Crippen molar-refractivity contribution >= 4 is 17.7 Å². The maximum atomic E-state index is 12.0. The van der Waals surface area contributed by atoms with E-state index in [1.807, 2.05) is 18.7 Å². The van der Waals surface area contributed by atoms with Gasteiger partial charge >= 0.3 is 0 Å². The Bertz CT molecular complexity index is 308. The minimum atomic E-state index is 0.141. The van der Waals surface area contributed by atoms with Crippen molar-refractivity contribution in [3.8, 4) is 0 Å². The largest absolute Gasteiger partial charge is 0.348 e. The number of carbonyl (C=O) groups excluding carboxylic acids is 1. The molecule has 3 nitrogen and oxygen atoms in total. The lowest BCUT2D eigenvalue weighted by atomic mass is 10.0. The van der Waals surface area contributed by atoms with Crippen LogP contribution >= 0.6 is 11.8 Å². The molecular formula is C12H20N2OS. The van der Waals surface area contributed by atoms with Crippen LogP contribution in [0.3, 0.4) is 0 Å². The first-order chi connectivity index (χ1) is 7.72. The van der Waals surface area contributed by atoms with Crippen LogP contribution < -0.4 is 10.6 Å². The Morgan fingerprint density at radius 2 is 2.19 bits per heavy atom. The monoisotopic (exact) mass is 240 g/mol. The second-order valence-electron chi connectivity index (χ2n) is 4.62. The first-order valence-corrected chi connectivity index (χ1v) is 7.24. The van der Waals surface area contributed by atoms with Gasteiger partial charge in [-0.25, -0.2) is 0 Å². The third kappa shape index (κ3) is 2.43. The smallest absolute Gasteiger partial charge is 0.247 e. The van der Waals surface area contributed by atoms with Gasteiger partial charge in [-0.05, 0) is 31.6 Å². The molecule has 2 atom stereocenters. The van der Waals surface area contributed by atoms with E-state index in [-0.39, 0.29) is 5.91 Å². The fraction of sp³-hybridized carbons (Fsp3) is 0.750. The molecule has 1 saturated heterocycles. The van der Waals surface area contributed by atoms with E-state index >= 15 is 0 Å². The molecule has 1 heterocycles. The predicted octanol–water partition coefficient (Wildman–Crippen LogP) is 1.31. The average Bonchev–Trinajstić information content (AvgIpc) is 2.62. The van der Waals surface area contributed by atoms with E-state index in [9.17, 15) is 4.79 Å². The highest BCUT2D eigenvalue weighted by Gasteiger charge is 2.28. The zero-order valence-corrected chi connectivity index (χ0v) is 10.8. The molecule has 0 aromatic carbocycles. The lowest BCUT2D eigenvalue weighted by molar-refractivity contribution is -0.118. The maximum absolute atomic E-state index is 12.0. The summed E-state index contributed by atoms with van der Waals surface area (Å²) in [5, 5.41) is 6.96. The molecule has 2 N–H and O–H groups in total. The van der Waals surface area contributed by atoms with Crippen LogP contribution in [0.25, 0.3) is 0 Å². The Balaban J connectivity index is 1.91. The van der Waals surface area contributed by atoms with Gasteiger partial charge in [-0.1, -0.05) is 6.42 Å². The SMILES string of the molecule is CSC1CCCC1NC(=O)C(C)=C1CNC1. The van der Waals surface area contributed by atoms with Gasteiger partial charge in [0.1, 0.15) is 0 Å². The van der Waals surface area contributed by atoms with Gasteiger partial charge in [0.05, 0.1) is 0 Å². The Kier molecular flexibility index (Phi) is 3.92. The third-order valence-electron chi connectivity index (χ3n) is 3.62. The molecule has 2 unspecified atom stereocenters. The Morgan fingerprint density at radius 1 is 1.44 bits per heavy atom. The minimum absolute atomic E-state index is 0.141. The highest BCUT2D eigenvalue weighted by Crippen LogP contribution is 2.28. The summed E-state index contributed by atoms with van der Waals surface area (Å²) < 4.78 is 0. The van der Waals surface area contributed by atoms with E-state index < -0.39 is 0 Å². The number of carbonyl (C=O) groups is 1. The van der Waals surface area contributed by atoms with Crippen molar-refractivity contribution in [1.29, 1.82) is 0 Å². The Morgan fingerprint density at radius 3 is 2.75 bits per heavy atom. The molecule has 1 saturated carbocycles. The number of hydrogen-bond acceptors (Lipinski definition) is 3. The topological polar surface area (TPSA) is 41.1 Å². The molecule has 2 aliphatic rings.